The SMILES string of the molecule is CC1(c2cccc(Br)c2)CCN(C(=O)Cc2c(O)nc[nH]c2=O)CC1. The van der Waals surface area contributed by atoms with Crippen molar-refractivity contribution in [3.8, 4) is 5.88 Å². The quantitative estimate of drug-likeness (QED) is 0.820. The minimum absolute atomic E-state index is 0.0211. The number of aromatic amines is 1. The molecule has 3 rings (SSSR count). The van der Waals surface area contributed by atoms with E-state index >= 15 is 0 Å². The molecule has 0 spiro atoms. The van der Waals surface area contributed by atoms with E-state index in [4.69, 9.17) is 0 Å². The van der Waals surface area contributed by atoms with Gasteiger partial charge >= 0.3 is 0 Å². The highest BCUT2D eigenvalue weighted by Crippen LogP contribution is 2.36. The fourth-order valence-electron chi connectivity index (χ4n) is 3.24. The molecule has 0 radical (unpaired) electrons. The van der Waals surface area contributed by atoms with E-state index in [0.717, 1.165) is 23.6 Å². The summed E-state index contributed by atoms with van der Waals surface area (Å²) in [6.45, 7) is 3.47. The van der Waals surface area contributed by atoms with Crippen LogP contribution in [0.25, 0.3) is 0 Å². The Bertz CT molecular complexity index is 841. The van der Waals surface area contributed by atoms with E-state index in [1.54, 1.807) is 4.90 Å². The van der Waals surface area contributed by atoms with Gasteiger partial charge in [0.15, 0.2) is 0 Å². The summed E-state index contributed by atoms with van der Waals surface area (Å²) in [6.07, 6.45) is 2.69. The van der Waals surface area contributed by atoms with Gasteiger partial charge in [-0.3, -0.25) is 9.59 Å². The van der Waals surface area contributed by atoms with Crippen molar-refractivity contribution in [3.63, 3.8) is 0 Å². The zero-order valence-corrected chi connectivity index (χ0v) is 15.5. The average Bonchev–Trinajstić information content (AvgIpc) is 2.59. The van der Waals surface area contributed by atoms with Crippen LogP contribution in [-0.4, -0.2) is 39.0 Å². The summed E-state index contributed by atoms with van der Waals surface area (Å²) in [4.78, 5) is 32.0. The van der Waals surface area contributed by atoms with Crippen LogP contribution in [0.1, 0.15) is 30.9 Å². The molecule has 1 aromatic carbocycles. The molecule has 6 nitrogen and oxygen atoms in total. The summed E-state index contributed by atoms with van der Waals surface area (Å²) in [6, 6.07) is 8.28. The van der Waals surface area contributed by atoms with E-state index in [9.17, 15) is 14.7 Å². The zero-order chi connectivity index (χ0) is 18.0. The predicted molar refractivity (Wildman–Crippen MR) is 97.5 cm³/mol. The Morgan fingerprint density at radius 3 is 2.76 bits per heavy atom. The van der Waals surface area contributed by atoms with Crippen molar-refractivity contribution in [2.45, 2.75) is 31.6 Å². The first kappa shape index (κ1) is 17.7. The third kappa shape index (κ3) is 3.76. The monoisotopic (exact) mass is 405 g/mol. The smallest absolute Gasteiger partial charge is 0.258 e. The maximum absolute atomic E-state index is 12.5. The molecule has 1 aliphatic heterocycles. The van der Waals surface area contributed by atoms with E-state index in [1.165, 1.54) is 5.56 Å². The molecule has 0 bridgehead atoms. The second-order valence-electron chi connectivity index (χ2n) is 6.66. The molecule has 2 N–H and O–H groups in total. The largest absolute Gasteiger partial charge is 0.493 e. The number of amides is 1. The first-order chi connectivity index (χ1) is 11.9. The van der Waals surface area contributed by atoms with Gasteiger partial charge in [-0.15, -0.1) is 0 Å². The highest BCUT2D eigenvalue weighted by atomic mass is 79.9. The molecule has 0 aliphatic carbocycles. The second-order valence-corrected chi connectivity index (χ2v) is 7.58. The minimum atomic E-state index is -0.475. The number of carbonyl (C=O) groups is 1. The van der Waals surface area contributed by atoms with Gasteiger partial charge in [0.25, 0.3) is 5.56 Å². The molecule has 1 saturated heterocycles. The van der Waals surface area contributed by atoms with Gasteiger partial charge in [-0.1, -0.05) is 35.0 Å². The fourth-order valence-corrected chi connectivity index (χ4v) is 3.64. The normalized spacial score (nSPS) is 16.6. The maximum atomic E-state index is 12.5. The lowest BCUT2D eigenvalue weighted by Gasteiger charge is -2.40. The number of halogens is 1. The number of hydrogen-bond donors (Lipinski definition) is 2. The van der Waals surface area contributed by atoms with Crippen LogP contribution in [0.4, 0.5) is 0 Å². The number of carbonyl (C=O) groups excluding carboxylic acids is 1. The van der Waals surface area contributed by atoms with E-state index in [2.05, 4.69) is 45.0 Å². The molecular formula is C18H20BrN3O3. The Hall–Kier alpha value is -2.15. The van der Waals surface area contributed by atoms with Gasteiger partial charge in [0.1, 0.15) is 0 Å². The summed E-state index contributed by atoms with van der Waals surface area (Å²) >= 11 is 3.51. The average molecular weight is 406 g/mol. The van der Waals surface area contributed by atoms with Gasteiger partial charge in [-0.25, -0.2) is 4.98 Å². The molecule has 7 heteroatoms. The lowest BCUT2D eigenvalue weighted by molar-refractivity contribution is -0.132. The van der Waals surface area contributed by atoms with Crippen molar-refractivity contribution in [2.75, 3.05) is 13.1 Å². The summed E-state index contributed by atoms with van der Waals surface area (Å²) in [7, 11) is 0. The highest BCUT2D eigenvalue weighted by molar-refractivity contribution is 9.10. The topological polar surface area (TPSA) is 86.3 Å². The van der Waals surface area contributed by atoms with Gasteiger partial charge in [-0.2, -0.15) is 0 Å². The van der Waals surface area contributed by atoms with Crippen LogP contribution in [0, 0.1) is 0 Å². The Kier molecular flexibility index (Phi) is 4.94. The highest BCUT2D eigenvalue weighted by Gasteiger charge is 2.33. The molecule has 25 heavy (non-hydrogen) atoms. The van der Waals surface area contributed by atoms with E-state index < -0.39 is 5.56 Å². The van der Waals surface area contributed by atoms with Crippen LogP contribution in [0.3, 0.4) is 0 Å². The van der Waals surface area contributed by atoms with Crippen molar-refractivity contribution in [1.29, 1.82) is 0 Å². The van der Waals surface area contributed by atoms with E-state index in [1.807, 2.05) is 12.1 Å². The molecular weight excluding hydrogens is 386 g/mol. The molecule has 2 aromatic rings. The van der Waals surface area contributed by atoms with E-state index in [0.29, 0.717) is 13.1 Å². The second kappa shape index (κ2) is 7.00. The van der Waals surface area contributed by atoms with Crippen LogP contribution in [-0.2, 0) is 16.6 Å². The van der Waals surface area contributed by atoms with Crippen molar-refractivity contribution in [3.05, 3.63) is 56.5 Å². The molecule has 0 saturated carbocycles. The number of nitrogens with one attached hydrogen (secondary N) is 1. The number of likely N-dealkylation sites (tertiary alicyclic amines) is 1. The molecule has 1 fully saturated rings. The molecule has 132 valence electrons. The molecule has 1 amide bonds. The summed E-state index contributed by atoms with van der Waals surface area (Å²) in [5.74, 6) is -0.543. The van der Waals surface area contributed by atoms with Crippen LogP contribution in [0.15, 0.2) is 39.9 Å². The van der Waals surface area contributed by atoms with Crippen LogP contribution < -0.4 is 5.56 Å². The van der Waals surface area contributed by atoms with Gasteiger partial charge in [0.2, 0.25) is 11.8 Å². The van der Waals surface area contributed by atoms with Crippen LogP contribution in [0.2, 0.25) is 0 Å². The Labute approximate surface area is 154 Å². The lowest BCUT2D eigenvalue weighted by atomic mass is 9.74. The number of piperidine rings is 1. The van der Waals surface area contributed by atoms with Gasteiger partial charge in [0, 0.05) is 17.6 Å². The minimum Gasteiger partial charge on any atom is -0.493 e. The fraction of sp³-hybridized carbons (Fsp3) is 0.389. The number of nitrogens with zero attached hydrogens (tertiary/aromatic N) is 2. The Morgan fingerprint density at radius 2 is 2.12 bits per heavy atom. The first-order valence-corrected chi connectivity index (χ1v) is 8.98. The van der Waals surface area contributed by atoms with Crippen LogP contribution in [0.5, 0.6) is 5.88 Å². The summed E-state index contributed by atoms with van der Waals surface area (Å²) in [5, 5.41) is 9.69. The molecule has 1 aromatic heterocycles. The number of benzene rings is 1. The predicted octanol–water partition coefficient (Wildman–Crippen LogP) is 2.36. The summed E-state index contributed by atoms with van der Waals surface area (Å²) in [5.41, 5.74) is 0.828. The van der Waals surface area contributed by atoms with Gasteiger partial charge < -0.3 is 15.0 Å². The number of aromatic hydroxyl groups is 1. The standard InChI is InChI=1S/C18H20BrN3O3/c1-18(12-3-2-4-13(19)9-12)5-7-22(8-6-18)15(23)10-14-16(24)20-11-21-17(14)25/h2-4,9,11H,5-8,10H2,1H3,(H2,20,21,24,25). The Balaban J connectivity index is 1.68. The molecule has 1 aliphatic rings. The third-order valence-corrected chi connectivity index (χ3v) is 5.49. The number of aromatic nitrogens is 2. The van der Waals surface area contributed by atoms with Crippen molar-refractivity contribution in [2.24, 2.45) is 0 Å². The van der Waals surface area contributed by atoms with Crippen molar-refractivity contribution in [1.82, 2.24) is 14.9 Å². The molecule has 0 atom stereocenters. The van der Waals surface area contributed by atoms with Crippen molar-refractivity contribution >= 4 is 21.8 Å². The lowest BCUT2D eigenvalue weighted by Crippen LogP contribution is -2.44. The van der Waals surface area contributed by atoms with Crippen LogP contribution >= 0.6 is 15.9 Å². The number of H-pyrrole nitrogens is 1. The van der Waals surface area contributed by atoms with Gasteiger partial charge in [0.05, 0.1) is 18.3 Å². The molecule has 2 heterocycles. The number of hydrogen-bond acceptors (Lipinski definition) is 4. The Morgan fingerprint density at radius 1 is 1.40 bits per heavy atom. The van der Waals surface area contributed by atoms with Gasteiger partial charge in [-0.05, 0) is 36.0 Å². The third-order valence-electron chi connectivity index (χ3n) is 5.00. The summed E-state index contributed by atoms with van der Waals surface area (Å²) < 4.78 is 1.05. The first-order valence-electron chi connectivity index (χ1n) is 8.18. The zero-order valence-electron chi connectivity index (χ0n) is 14.0. The number of rotatable bonds is 3. The maximum Gasteiger partial charge on any atom is 0.258 e. The molecule has 0 unspecified atom stereocenters. The van der Waals surface area contributed by atoms with E-state index in [-0.39, 0.29) is 29.2 Å². The van der Waals surface area contributed by atoms with Crippen molar-refractivity contribution < 1.29 is 9.90 Å².